The van der Waals surface area contributed by atoms with Crippen LogP contribution in [0.5, 0.6) is 0 Å². The molecule has 6 nitrogen and oxygen atoms in total. The van der Waals surface area contributed by atoms with Crippen LogP contribution in [0.2, 0.25) is 0 Å². The number of nitrogens with zero attached hydrogens (tertiary/aromatic N) is 1. The SMILES string of the molecule is Cc1n[nH]c(C)c1NS(=O)(=O)Cc1ccc(CN)cc1. The Morgan fingerprint density at radius 1 is 1.20 bits per heavy atom. The highest BCUT2D eigenvalue weighted by atomic mass is 32.2. The zero-order chi connectivity index (χ0) is 14.8. The van der Waals surface area contributed by atoms with Crippen LogP contribution in [0.3, 0.4) is 0 Å². The second kappa shape index (κ2) is 5.64. The Labute approximate surface area is 118 Å². The lowest BCUT2D eigenvalue weighted by Crippen LogP contribution is -2.16. The number of anilines is 1. The van der Waals surface area contributed by atoms with Gasteiger partial charge in [-0.15, -0.1) is 0 Å². The number of nitrogens with one attached hydrogen (secondary N) is 2. The average Bonchev–Trinajstić information content (AvgIpc) is 2.70. The average molecular weight is 294 g/mol. The fraction of sp³-hybridized carbons (Fsp3) is 0.308. The maximum absolute atomic E-state index is 12.1. The molecule has 0 spiro atoms. The van der Waals surface area contributed by atoms with Gasteiger partial charge in [0, 0.05) is 6.54 Å². The molecule has 0 aliphatic rings. The summed E-state index contributed by atoms with van der Waals surface area (Å²) in [5, 5.41) is 6.71. The largest absolute Gasteiger partial charge is 0.326 e. The number of hydrogen-bond donors (Lipinski definition) is 3. The van der Waals surface area contributed by atoms with E-state index in [0.29, 0.717) is 29.2 Å². The Hall–Kier alpha value is -1.86. The first-order chi connectivity index (χ1) is 9.41. The molecule has 2 aromatic rings. The summed E-state index contributed by atoms with van der Waals surface area (Å²) in [7, 11) is -3.46. The van der Waals surface area contributed by atoms with Crippen molar-refractivity contribution in [1.29, 1.82) is 0 Å². The molecule has 20 heavy (non-hydrogen) atoms. The minimum absolute atomic E-state index is 0.0814. The first-order valence-corrected chi connectivity index (χ1v) is 7.86. The van der Waals surface area contributed by atoms with Crippen LogP contribution in [-0.4, -0.2) is 18.6 Å². The van der Waals surface area contributed by atoms with Gasteiger partial charge in [0.05, 0.1) is 22.8 Å². The molecule has 0 amide bonds. The summed E-state index contributed by atoms with van der Waals surface area (Å²) in [6.07, 6.45) is 0. The van der Waals surface area contributed by atoms with E-state index in [1.807, 2.05) is 12.1 Å². The van der Waals surface area contributed by atoms with Crippen molar-refractivity contribution in [3.05, 3.63) is 46.8 Å². The smallest absolute Gasteiger partial charge is 0.237 e. The fourth-order valence-corrected chi connectivity index (χ4v) is 3.20. The van der Waals surface area contributed by atoms with Gasteiger partial charge in [-0.25, -0.2) is 8.42 Å². The summed E-state index contributed by atoms with van der Waals surface area (Å²) in [6, 6.07) is 7.21. The van der Waals surface area contributed by atoms with Gasteiger partial charge in [0.25, 0.3) is 0 Å². The van der Waals surface area contributed by atoms with Crippen LogP contribution >= 0.6 is 0 Å². The van der Waals surface area contributed by atoms with Crippen LogP contribution in [-0.2, 0) is 22.3 Å². The summed E-state index contributed by atoms with van der Waals surface area (Å²) in [4.78, 5) is 0. The van der Waals surface area contributed by atoms with Crippen molar-refractivity contribution < 1.29 is 8.42 Å². The van der Waals surface area contributed by atoms with Crippen LogP contribution in [0.15, 0.2) is 24.3 Å². The molecule has 0 saturated carbocycles. The molecule has 108 valence electrons. The lowest BCUT2D eigenvalue weighted by Gasteiger charge is -2.08. The number of hydrogen-bond acceptors (Lipinski definition) is 4. The number of aryl methyl sites for hydroxylation is 2. The van der Waals surface area contributed by atoms with Gasteiger partial charge >= 0.3 is 0 Å². The molecule has 0 aliphatic carbocycles. The van der Waals surface area contributed by atoms with Crippen molar-refractivity contribution in [1.82, 2.24) is 10.2 Å². The molecular weight excluding hydrogens is 276 g/mol. The van der Waals surface area contributed by atoms with Crippen LogP contribution < -0.4 is 10.5 Å². The fourth-order valence-electron chi connectivity index (χ4n) is 1.88. The number of aromatic nitrogens is 2. The molecule has 0 saturated heterocycles. The molecule has 1 aromatic heterocycles. The summed E-state index contributed by atoms with van der Waals surface area (Å²) >= 11 is 0. The van der Waals surface area contributed by atoms with Gasteiger partial charge in [-0.2, -0.15) is 5.10 Å². The second-order valence-corrected chi connectivity index (χ2v) is 6.41. The maximum Gasteiger partial charge on any atom is 0.237 e. The molecule has 0 fully saturated rings. The van der Waals surface area contributed by atoms with Gasteiger partial charge in [-0.1, -0.05) is 24.3 Å². The molecule has 0 aliphatic heterocycles. The number of aromatic amines is 1. The maximum atomic E-state index is 12.1. The van der Waals surface area contributed by atoms with E-state index in [9.17, 15) is 8.42 Å². The number of sulfonamides is 1. The molecular formula is C13H18N4O2S. The second-order valence-electron chi connectivity index (χ2n) is 4.69. The lowest BCUT2D eigenvalue weighted by molar-refractivity contribution is 0.600. The van der Waals surface area contributed by atoms with E-state index in [-0.39, 0.29) is 5.75 Å². The van der Waals surface area contributed by atoms with Crippen molar-refractivity contribution in [2.45, 2.75) is 26.1 Å². The molecule has 0 unspecified atom stereocenters. The molecule has 1 aromatic carbocycles. The predicted octanol–water partition coefficient (Wildman–Crippen LogP) is 1.43. The van der Waals surface area contributed by atoms with E-state index >= 15 is 0 Å². The monoisotopic (exact) mass is 294 g/mol. The third kappa shape index (κ3) is 3.37. The zero-order valence-corrected chi connectivity index (χ0v) is 12.3. The first-order valence-electron chi connectivity index (χ1n) is 6.21. The Kier molecular flexibility index (Phi) is 4.10. The lowest BCUT2D eigenvalue weighted by atomic mass is 10.1. The Morgan fingerprint density at radius 2 is 1.80 bits per heavy atom. The van der Waals surface area contributed by atoms with Gasteiger partial charge in [0.1, 0.15) is 0 Å². The van der Waals surface area contributed by atoms with Gasteiger partial charge in [0.2, 0.25) is 10.0 Å². The number of benzene rings is 1. The van der Waals surface area contributed by atoms with Crippen molar-refractivity contribution in [2.75, 3.05) is 4.72 Å². The van der Waals surface area contributed by atoms with E-state index in [1.165, 1.54) is 0 Å². The topological polar surface area (TPSA) is 101 Å². The quantitative estimate of drug-likeness (QED) is 0.776. The minimum atomic E-state index is -3.46. The van der Waals surface area contributed by atoms with Crippen LogP contribution in [0.1, 0.15) is 22.5 Å². The Balaban J connectivity index is 2.14. The molecule has 0 atom stereocenters. The summed E-state index contributed by atoms with van der Waals surface area (Å²) < 4.78 is 26.9. The highest BCUT2D eigenvalue weighted by Crippen LogP contribution is 2.19. The van der Waals surface area contributed by atoms with E-state index in [2.05, 4.69) is 14.9 Å². The number of nitrogens with two attached hydrogens (primary N) is 1. The Bertz CT molecular complexity index is 670. The normalized spacial score (nSPS) is 11.6. The van der Waals surface area contributed by atoms with Gasteiger partial charge in [-0.3, -0.25) is 9.82 Å². The minimum Gasteiger partial charge on any atom is -0.326 e. The number of H-pyrrole nitrogens is 1. The van der Waals surface area contributed by atoms with Gasteiger partial charge in [0.15, 0.2) is 0 Å². The van der Waals surface area contributed by atoms with Crippen molar-refractivity contribution >= 4 is 15.7 Å². The van der Waals surface area contributed by atoms with Gasteiger partial charge < -0.3 is 5.73 Å². The highest BCUT2D eigenvalue weighted by Gasteiger charge is 2.16. The highest BCUT2D eigenvalue weighted by molar-refractivity contribution is 7.91. The molecule has 0 bridgehead atoms. The van der Waals surface area contributed by atoms with E-state index in [4.69, 9.17) is 5.73 Å². The van der Waals surface area contributed by atoms with E-state index < -0.39 is 10.0 Å². The third-order valence-electron chi connectivity index (χ3n) is 3.00. The predicted molar refractivity (Wildman–Crippen MR) is 78.6 cm³/mol. The van der Waals surface area contributed by atoms with E-state index in [1.54, 1.807) is 26.0 Å². The van der Waals surface area contributed by atoms with Crippen LogP contribution in [0.4, 0.5) is 5.69 Å². The first kappa shape index (κ1) is 14.5. The molecule has 2 rings (SSSR count). The summed E-state index contributed by atoms with van der Waals surface area (Å²) in [5.74, 6) is -0.0814. The van der Waals surface area contributed by atoms with Crippen LogP contribution in [0.25, 0.3) is 0 Å². The molecule has 1 heterocycles. The van der Waals surface area contributed by atoms with Crippen molar-refractivity contribution in [3.63, 3.8) is 0 Å². The van der Waals surface area contributed by atoms with Crippen molar-refractivity contribution in [3.8, 4) is 0 Å². The zero-order valence-electron chi connectivity index (χ0n) is 11.5. The number of rotatable bonds is 5. The van der Waals surface area contributed by atoms with Crippen LogP contribution in [0, 0.1) is 13.8 Å². The molecule has 0 radical (unpaired) electrons. The Morgan fingerprint density at radius 3 is 2.30 bits per heavy atom. The van der Waals surface area contributed by atoms with Gasteiger partial charge in [-0.05, 0) is 25.0 Å². The van der Waals surface area contributed by atoms with Crippen molar-refractivity contribution in [2.24, 2.45) is 5.73 Å². The van der Waals surface area contributed by atoms with E-state index in [0.717, 1.165) is 5.56 Å². The third-order valence-corrected chi connectivity index (χ3v) is 4.23. The summed E-state index contributed by atoms with van der Waals surface area (Å²) in [6.45, 7) is 3.96. The molecule has 7 heteroatoms. The standard InChI is InChI=1S/C13H18N4O2S/c1-9-13(10(2)16-15-9)17-20(18,19)8-12-5-3-11(7-14)4-6-12/h3-6,17H,7-8,14H2,1-2H3,(H,15,16). The molecule has 4 N–H and O–H groups in total. The summed E-state index contributed by atoms with van der Waals surface area (Å²) in [5.41, 5.74) is 9.04.